The fourth-order valence-corrected chi connectivity index (χ4v) is 0.888. The van der Waals surface area contributed by atoms with Gasteiger partial charge < -0.3 is 15.0 Å². The smallest absolute Gasteiger partial charge is 0.341 e. The van der Waals surface area contributed by atoms with Crippen LogP contribution in [0, 0.1) is 0 Å². The molecular weight excluding hydrogens is 182 g/mol. The number of nitrogens with one attached hydrogen (secondary N) is 1. The first-order chi connectivity index (χ1) is 5.74. The quantitative estimate of drug-likeness (QED) is 0.700. The van der Waals surface area contributed by atoms with Crippen LogP contribution in [0.25, 0.3) is 0 Å². The average Bonchev–Trinajstić information content (AvgIpc) is 2.55. The maximum Gasteiger partial charge on any atom is 0.341 e. The average molecular weight is 190 g/mol. The molecule has 1 unspecified atom stereocenters. The Morgan fingerprint density at radius 3 is 3.17 bits per heavy atom. The van der Waals surface area contributed by atoms with Gasteiger partial charge in [-0.25, -0.2) is 9.78 Å². The van der Waals surface area contributed by atoms with Gasteiger partial charge in [-0.1, -0.05) is 0 Å². The number of rotatable bonds is 3. The molecule has 66 valence electrons. The maximum atomic E-state index is 10.7. The molecule has 0 aliphatic heterocycles. The van der Waals surface area contributed by atoms with E-state index in [-0.39, 0.29) is 0 Å². The number of aromatic nitrogens is 2. The molecule has 0 aliphatic carbocycles. The van der Waals surface area contributed by atoms with Crippen LogP contribution in [0.15, 0.2) is 12.5 Å². The van der Waals surface area contributed by atoms with Gasteiger partial charge in [-0.05, 0) is 0 Å². The van der Waals surface area contributed by atoms with E-state index in [1.165, 1.54) is 6.33 Å². The highest BCUT2D eigenvalue weighted by molar-refractivity contribution is 6.13. The second-order valence-corrected chi connectivity index (χ2v) is 2.44. The first kappa shape index (κ1) is 9.02. The summed E-state index contributed by atoms with van der Waals surface area (Å²) in [4.78, 5) is 17.3. The zero-order valence-electron chi connectivity index (χ0n) is 6.16. The number of halogens is 1. The van der Waals surface area contributed by atoms with Crippen molar-refractivity contribution in [2.45, 2.75) is 12.5 Å². The van der Waals surface area contributed by atoms with Crippen LogP contribution >= 0.6 is 11.9 Å². The van der Waals surface area contributed by atoms with Crippen molar-refractivity contribution in [3.63, 3.8) is 0 Å². The molecule has 0 aliphatic rings. The molecule has 3 N–H and O–H groups in total. The van der Waals surface area contributed by atoms with E-state index >= 15 is 0 Å². The molecule has 0 bridgehead atoms. The standard InChI is InChI=1S/C6H8ClN3O2/c7-12-6(11)5(8)1-4-2-9-3-10-4/h2-3,5H,1,8H2,(H,9,10). The molecule has 0 saturated carbocycles. The van der Waals surface area contributed by atoms with E-state index in [9.17, 15) is 4.79 Å². The number of H-pyrrole nitrogens is 1. The Hall–Kier alpha value is -1.07. The van der Waals surface area contributed by atoms with Gasteiger partial charge in [0.05, 0.1) is 6.33 Å². The lowest BCUT2D eigenvalue weighted by Gasteiger charge is -2.04. The van der Waals surface area contributed by atoms with Crippen molar-refractivity contribution in [2.24, 2.45) is 5.73 Å². The van der Waals surface area contributed by atoms with Crippen molar-refractivity contribution in [1.82, 2.24) is 9.97 Å². The number of carbonyl (C=O) groups is 1. The fraction of sp³-hybridized carbons (Fsp3) is 0.333. The summed E-state index contributed by atoms with van der Waals surface area (Å²) >= 11 is 4.83. The zero-order chi connectivity index (χ0) is 8.97. The largest absolute Gasteiger partial charge is 0.348 e. The molecule has 6 heteroatoms. The molecule has 0 amide bonds. The minimum Gasteiger partial charge on any atom is -0.348 e. The summed E-state index contributed by atoms with van der Waals surface area (Å²) in [7, 11) is 0. The number of nitrogens with two attached hydrogens (primary N) is 1. The van der Waals surface area contributed by atoms with Gasteiger partial charge in [-0.3, -0.25) is 0 Å². The van der Waals surface area contributed by atoms with E-state index in [0.717, 1.165) is 5.69 Å². The summed E-state index contributed by atoms with van der Waals surface area (Å²) in [6.07, 6.45) is 3.43. The van der Waals surface area contributed by atoms with Gasteiger partial charge in [-0.15, -0.1) is 0 Å². The van der Waals surface area contributed by atoms with Crippen LogP contribution < -0.4 is 5.73 Å². The molecule has 0 radical (unpaired) electrons. The van der Waals surface area contributed by atoms with Crippen LogP contribution in [0.2, 0.25) is 0 Å². The summed E-state index contributed by atoms with van der Waals surface area (Å²) in [6, 6.07) is -0.747. The first-order valence-corrected chi connectivity index (χ1v) is 3.60. The number of imidazole rings is 1. The highest BCUT2D eigenvalue weighted by atomic mass is 35.5. The van der Waals surface area contributed by atoms with Gasteiger partial charge in [0.15, 0.2) is 0 Å². The Morgan fingerprint density at radius 2 is 2.67 bits per heavy atom. The van der Waals surface area contributed by atoms with Gasteiger partial charge in [0.2, 0.25) is 0 Å². The van der Waals surface area contributed by atoms with Gasteiger partial charge in [0.1, 0.15) is 17.9 Å². The Morgan fingerprint density at radius 1 is 1.92 bits per heavy atom. The summed E-state index contributed by atoms with van der Waals surface area (Å²) in [5, 5.41) is 0. The van der Waals surface area contributed by atoms with Crippen molar-refractivity contribution in [1.29, 1.82) is 0 Å². The topological polar surface area (TPSA) is 81.0 Å². The van der Waals surface area contributed by atoms with E-state index in [2.05, 4.69) is 14.3 Å². The number of hydrogen-bond acceptors (Lipinski definition) is 4. The monoisotopic (exact) mass is 189 g/mol. The van der Waals surface area contributed by atoms with Crippen LogP contribution in [0.1, 0.15) is 5.69 Å². The third-order valence-electron chi connectivity index (χ3n) is 1.37. The third-order valence-corrected chi connectivity index (χ3v) is 1.53. The molecule has 0 spiro atoms. The van der Waals surface area contributed by atoms with Gasteiger partial charge in [0, 0.05) is 18.3 Å². The van der Waals surface area contributed by atoms with E-state index in [1.54, 1.807) is 6.20 Å². The minimum atomic E-state index is -0.747. The normalized spacial score (nSPS) is 12.5. The highest BCUT2D eigenvalue weighted by Gasteiger charge is 2.15. The Balaban J connectivity index is 2.47. The first-order valence-electron chi connectivity index (χ1n) is 3.29. The molecule has 0 aromatic carbocycles. The summed E-state index contributed by atoms with van der Waals surface area (Å²) in [6.45, 7) is 0. The summed E-state index contributed by atoms with van der Waals surface area (Å²) in [5.74, 6) is -0.647. The second kappa shape index (κ2) is 4.08. The molecule has 1 rings (SSSR count). The molecule has 5 nitrogen and oxygen atoms in total. The lowest BCUT2D eigenvalue weighted by molar-refractivity contribution is -0.135. The van der Waals surface area contributed by atoms with Crippen molar-refractivity contribution in [3.8, 4) is 0 Å². The fourth-order valence-electron chi connectivity index (χ4n) is 0.774. The summed E-state index contributed by atoms with van der Waals surface area (Å²) in [5.41, 5.74) is 6.18. The number of nitrogens with zero attached hydrogens (tertiary/aromatic N) is 1. The number of carbonyl (C=O) groups excluding carboxylic acids is 1. The summed E-state index contributed by atoms with van der Waals surface area (Å²) < 4.78 is 3.93. The molecule has 1 heterocycles. The zero-order valence-corrected chi connectivity index (χ0v) is 6.91. The van der Waals surface area contributed by atoms with E-state index in [0.29, 0.717) is 6.42 Å². The van der Waals surface area contributed by atoms with Crippen molar-refractivity contribution in [3.05, 3.63) is 18.2 Å². The molecular formula is C6H8ClN3O2. The number of hydrogen-bond donors (Lipinski definition) is 2. The Labute approximate surface area is 74.0 Å². The third kappa shape index (κ3) is 2.21. The predicted octanol–water partition coefficient (Wildman–Crippen LogP) is -0.0235. The Bertz CT molecular complexity index is 249. The van der Waals surface area contributed by atoms with Crippen LogP contribution in [0.4, 0.5) is 0 Å². The van der Waals surface area contributed by atoms with E-state index in [4.69, 9.17) is 17.6 Å². The van der Waals surface area contributed by atoms with Crippen LogP contribution in [0.3, 0.4) is 0 Å². The van der Waals surface area contributed by atoms with Gasteiger partial charge in [-0.2, -0.15) is 0 Å². The molecule has 1 aromatic heterocycles. The highest BCUT2D eigenvalue weighted by Crippen LogP contribution is 1.98. The maximum absolute atomic E-state index is 10.7. The number of aromatic amines is 1. The van der Waals surface area contributed by atoms with Crippen LogP contribution in [-0.4, -0.2) is 22.0 Å². The Kier molecular flexibility index (Phi) is 3.07. The lowest BCUT2D eigenvalue weighted by atomic mass is 10.2. The van der Waals surface area contributed by atoms with E-state index < -0.39 is 12.0 Å². The minimum absolute atomic E-state index is 0.339. The van der Waals surface area contributed by atoms with Crippen molar-refractivity contribution >= 4 is 17.8 Å². The van der Waals surface area contributed by atoms with Crippen LogP contribution in [0.5, 0.6) is 0 Å². The molecule has 1 atom stereocenters. The SMILES string of the molecule is NC(Cc1cnc[nH]1)C(=O)OCl. The van der Waals surface area contributed by atoms with Gasteiger partial charge >= 0.3 is 5.97 Å². The molecule has 0 fully saturated rings. The van der Waals surface area contributed by atoms with Gasteiger partial charge in [0.25, 0.3) is 0 Å². The second-order valence-electron chi connectivity index (χ2n) is 2.28. The van der Waals surface area contributed by atoms with Crippen molar-refractivity contribution < 1.29 is 9.08 Å². The predicted molar refractivity (Wildman–Crippen MR) is 42.2 cm³/mol. The lowest BCUT2D eigenvalue weighted by Crippen LogP contribution is -2.32. The van der Waals surface area contributed by atoms with Crippen molar-refractivity contribution in [2.75, 3.05) is 0 Å². The molecule has 1 aromatic rings. The molecule has 12 heavy (non-hydrogen) atoms. The van der Waals surface area contributed by atoms with E-state index in [1.807, 2.05) is 0 Å². The molecule has 0 saturated heterocycles. The van der Waals surface area contributed by atoms with Crippen LogP contribution in [-0.2, 0) is 15.5 Å².